The van der Waals surface area contributed by atoms with Crippen LogP contribution in [-0.2, 0) is 4.79 Å². The number of carbonyl (C=O) groups excluding carboxylic acids is 1. The highest BCUT2D eigenvalue weighted by Crippen LogP contribution is 2.25. The summed E-state index contributed by atoms with van der Waals surface area (Å²) in [4.78, 5) is 16.9. The first kappa shape index (κ1) is 20.9. The molecule has 1 aliphatic rings. The summed E-state index contributed by atoms with van der Waals surface area (Å²) in [7, 11) is 1.66. The smallest absolute Gasteiger partial charge is 0.224 e. The number of methoxy groups -OCH3 is 1. The summed E-state index contributed by atoms with van der Waals surface area (Å²) in [5.41, 5.74) is 3.33. The van der Waals surface area contributed by atoms with E-state index in [0.29, 0.717) is 13.0 Å². The number of anilines is 1. The summed E-state index contributed by atoms with van der Waals surface area (Å²) in [6, 6.07) is 16.4. The summed E-state index contributed by atoms with van der Waals surface area (Å²) in [5.74, 6) is 1.02. The number of rotatable bonds is 8. The minimum Gasteiger partial charge on any atom is -0.495 e. The zero-order valence-corrected chi connectivity index (χ0v) is 17.4. The van der Waals surface area contributed by atoms with Gasteiger partial charge in [-0.3, -0.25) is 9.69 Å². The van der Waals surface area contributed by atoms with Gasteiger partial charge in [0.05, 0.1) is 12.8 Å². The molecule has 0 aliphatic carbocycles. The first-order chi connectivity index (χ1) is 14.2. The van der Waals surface area contributed by atoms with Gasteiger partial charge in [0.15, 0.2) is 0 Å². The Morgan fingerprint density at radius 3 is 2.59 bits per heavy atom. The van der Waals surface area contributed by atoms with Crippen molar-refractivity contribution in [3.05, 3.63) is 65.7 Å². The van der Waals surface area contributed by atoms with E-state index in [2.05, 4.69) is 34.5 Å². The lowest BCUT2D eigenvalue weighted by Crippen LogP contribution is -2.48. The lowest BCUT2D eigenvalue weighted by Gasteiger charge is -2.34. The third-order valence-electron chi connectivity index (χ3n) is 5.21. The summed E-state index contributed by atoms with van der Waals surface area (Å²) in [6.45, 7) is 7.01. The maximum atomic E-state index is 12.5. The van der Waals surface area contributed by atoms with Crippen LogP contribution in [0.25, 0.3) is 6.08 Å². The summed E-state index contributed by atoms with van der Waals surface area (Å²) in [6.07, 6.45) is 4.85. The molecule has 29 heavy (non-hydrogen) atoms. The van der Waals surface area contributed by atoms with E-state index in [1.165, 1.54) is 5.56 Å². The van der Waals surface area contributed by atoms with Crippen molar-refractivity contribution in [2.24, 2.45) is 0 Å². The molecule has 2 aromatic carbocycles. The third-order valence-corrected chi connectivity index (χ3v) is 5.21. The van der Waals surface area contributed by atoms with Crippen LogP contribution in [0.1, 0.15) is 17.5 Å². The molecule has 1 N–H and O–H groups in total. The van der Waals surface area contributed by atoms with Gasteiger partial charge in [-0.25, -0.2) is 0 Å². The van der Waals surface area contributed by atoms with Crippen molar-refractivity contribution in [1.29, 1.82) is 0 Å². The monoisotopic (exact) mass is 393 g/mol. The number of nitrogens with one attached hydrogen (secondary N) is 1. The Labute approximate surface area is 174 Å². The molecular formula is C24H31N3O2. The van der Waals surface area contributed by atoms with Crippen LogP contribution in [0.4, 0.5) is 5.69 Å². The molecule has 1 amide bonds. The number of hydrogen-bond acceptors (Lipinski definition) is 4. The molecule has 154 valence electrons. The molecule has 1 fully saturated rings. The lowest BCUT2D eigenvalue weighted by atomic mass is 10.2. The normalized spacial score (nSPS) is 14.9. The van der Waals surface area contributed by atoms with E-state index < -0.39 is 0 Å². The third kappa shape index (κ3) is 6.36. The first-order valence-corrected chi connectivity index (χ1v) is 10.3. The molecular weight excluding hydrogens is 362 g/mol. The Morgan fingerprint density at radius 1 is 1.10 bits per heavy atom. The molecule has 0 spiro atoms. The van der Waals surface area contributed by atoms with Gasteiger partial charge in [0.2, 0.25) is 5.91 Å². The molecule has 1 aliphatic heterocycles. The number of benzene rings is 2. The van der Waals surface area contributed by atoms with Crippen LogP contribution < -0.4 is 10.1 Å². The predicted molar refractivity (Wildman–Crippen MR) is 119 cm³/mol. The molecule has 5 heteroatoms. The number of carbonyl (C=O) groups is 1. The topological polar surface area (TPSA) is 44.8 Å². The lowest BCUT2D eigenvalue weighted by molar-refractivity contribution is -0.132. The highest BCUT2D eigenvalue weighted by molar-refractivity contribution is 5.77. The number of ether oxygens (including phenoxy) is 1. The van der Waals surface area contributed by atoms with Crippen molar-refractivity contribution in [1.82, 2.24) is 9.80 Å². The second kappa shape index (κ2) is 10.7. The Morgan fingerprint density at radius 2 is 1.86 bits per heavy atom. The van der Waals surface area contributed by atoms with Crippen molar-refractivity contribution < 1.29 is 9.53 Å². The number of amides is 1. The van der Waals surface area contributed by atoms with Crippen molar-refractivity contribution in [2.75, 3.05) is 51.7 Å². The van der Waals surface area contributed by atoms with Crippen LogP contribution in [0.5, 0.6) is 5.75 Å². The SMILES string of the molecule is COc1ccc(C)cc1NCCC(=O)N1CCN(C/C=C/c2ccccc2)CC1. The molecule has 1 heterocycles. The van der Waals surface area contributed by atoms with Crippen molar-refractivity contribution in [3.63, 3.8) is 0 Å². The van der Waals surface area contributed by atoms with Gasteiger partial charge in [-0.05, 0) is 30.2 Å². The zero-order valence-electron chi connectivity index (χ0n) is 17.4. The number of hydrogen-bond donors (Lipinski definition) is 1. The van der Waals surface area contributed by atoms with Crippen molar-refractivity contribution in [2.45, 2.75) is 13.3 Å². The van der Waals surface area contributed by atoms with E-state index in [1.54, 1.807) is 7.11 Å². The van der Waals surface area contributed by atoms with Crippen molar-refractivity contribution >= 4 is 17.7 Å². The summed E-state index contributed by atoms with van der Waals surface area (Å²) < 4.78 is 5.38. The molecule has 1 saturated heterocycles. The Hall–Kier alpha value is -2.79. The van der Waals surface area contributed by atoms with Crippen molar-refractivity contribution in [3.8, 4) is 5.75 Å². The van der Waals surface area contributed by atoms with Crippen LogP contribution >= 0.6 is 0 Å². The maximum absolute atomic E-state index is 12.5. The van der Waals surface area contributed by atoms with Gasteiger partial charge in [0, 0.05) is 45.7 Å². The second-order valence-electron chi connectivity index (χ2n) is 7.37. The molecule has 0 atom stereocenters. The molecule has 2 aromatic rings. The summed E-state index contributed by atoms with van der Waals surface area (Å²) >= 11 is 0. The fraction of sp³-hybridized carbons (Fsp3) is 0.375. The average molecular weight is 394 g/mol. The van der Waals surface area contributed by atoms with Gasteiger partial charge in [-0.1, -0.05) is 48.6 Å². The van der Waals surface area contributed by atoms with E-state index in [1.807, 2.05) is 48.2 Å². The number of piperazine rings is 1. The van der Waals surface area contributed by atoms with Gasteiger partial charge < -0.3 is 15.0 Å². The van der Waals surface area contributed by atoms with Crippen LogP contribution in [0.15, 0.2) is 54.6 Å². The molecule has 0 aromatic heterocycles. The average Bonchev–Trinajstić information content (AvgIpc) is 2.75. The minimum absolute atomic E-state index is 0.212. The molecule has 0 unspecified atom stereocenters. The van der Waals surface area contributed by atoms with E-state index in [0.717, 1.165) is 49.7 Å². The van der Waals surface area contributed by atoms with E-state index >= 15 is 0 Å². The highest BCUT2D eigenvalue weighted by Gasteiger charge is 2.20. The fourth-order valence-corrected chi connectivity index (χ4v) is 3.50. The molecule has 0 bridgehead atoms. The van der Waals surface area contributed by atoms with Crippen LogP contribution in [0, 0.1) is 6.92 Å². The molecule has 5 nitrogen and oxygen atoms in total. The minimum atomic E-state index is 0.212. The zero-order chi connectivity index (χ0) is 20.5. The molecule has 0 saturated carbocycles. The fourth-order valence-electron chi connectivity index (χ4n) is 3.50. The highest BCUT2D eigenvalue weighted by atomic mass is 16.5. The van der Waals surface area contributed by atoms with Gasteiger partial charge in [0.25, 0.3) is 0 Å². The summed E-state index contributed by atoms with van der Waals surface area (Å²) in [5, 5.41) is 3.34. The molecule has 0 radical (unpaired) electrons. The largest absolute Gasteiger partial charge is 0.495 e. The number of aryl methyl sites for hydroxylation is 1. The van der Waals surface area contributed by atoms with E-state index in [4.69, 9.17) is 4.74 Å². The van der Waals surface area contributed by atoms with E-state index in [-0.39, 0.29) is 5.91 Å². The Kier molecular flexibility index (Phi) is 7.70. The van der Waals surface area contributed by atoms with Gasteiger partial charge in [-0.2, -0.15) is 0 Å². The van der Waals surface area contributed by atoms with Gasteiger partial charge in [-0.15, -0.1) is 0 Å². The Balaban J connectivity index is 1.38. The quantitative estimate of drug-likeness (QED) is 0.743. The Bertz CT molecular complexity index is 812. The van der Waals surface area contributed by atoms with Crippen LogP contribution in [0.2, 0.25) is 0 Å². The second-order valence-corrected chi connectivity index (χ2v) is 7.37. The van der Waals surface area contributed by atoms with Crippen LogP contribution in [0.3, 0.4) is 0 Å². The standard InChI is InChI=1S/C24H31N3O2/c1-20-10-11-23(29-2)22(19-20)25-13-12-24(28)27-17-15-26(16-18-27)14-6-9-21-7-4-3-5-8-21/h3-11,19,25H,12-18H2,1-2H3/b9-6+. The maximum Gasteiger partial charge on any atom is 0.224 e. The van der Waals surface area contributed by atoms with Crippen LogP contribution in [-0.4, -0.2) is 62.1 Å². The van der Waals surface area contributed by atoms with Gasteiger partial charge in [0.1, 0.15) is 5.75 Å². The number of nitrogens with zero attached hydrogens (tertiary/aromatic N) is 2. The predicted octanol–water partition coefficient (Wildman–Crippen LogP) is 3.66. The first-order valence-electron chi connectivity index (χ1n) is 10.3. The van der Waals surface area contributed by atoms with Gasteiger partial charge >= 0.3 is 0 Å². The van der Waals surface area contributed by atoms with E-state index in [9.17, 15) is 4.79 Å². The molecule has 3 rings (SSSR count).